The van der Waals surface area contributed by atoms with Crippen LogP contribution in [0.25, 0.3) is 0 Å². The van der Waals surface area contributed by atoms with E-state index in [1.54, 1.807) is 0 Å². The van der Waals surface area contributed by atoms with Crippen molar-refractivity contribution >= 4 is 0 Å². The second-order valence-electron chi connectivity index (χ2n) is 4.02. The molecule has 0 aliphatic heterocycles. The summed E-state index contributed by atoms with van der Waals surface area (Å²) in [5.41, 5.74) is 2.58. The standard InChI is InChI=1S/C12H23N3/c1-5-11-9-12(15(6-2)14-11)8-7-10(3)13-4/h9-10,13H,5-8H2,1-4H3. The zero-order chi connectivity index (χ0) is 11.3. The first-order valence-electron chi connectivity index (χ1n) is 5.94. The number of aryl methyl sites for hydroxylation is 3. The number of hydrogen-bond acceptors (Lipinski definition) is 2. The molecule has 15 heavy (non-hydrogen) atoms. The molecule has 1 aromatic heterocycles. The van der Waals surface area contributed by atoms with Gasteiger partial charge in [-0.15, -0.1) is 0 Å². The Morgan fingerprint density at radius 1 is 1.47 bits per heavy atom. The molecule has 0 spiro atoms. The van der Waals surface area contributed by atoms with E-state index < -0.39 is 0 Å². The van der Waals surface area contributed by atoms with Crippen LogP contribution in [0.15, 0.2) is 6.07 Å². The van der Waals surface area contributed by atoms with Crippen molar-refractivity contribution in [3.05, 3.63) is 17.5 Å². The van der Waals surface area contributed by atoms with E-state index in [0.717, 1.165) is 19.4 Å². The van der Waals surface area contributed by atoms with Crippen LogP contribution in [0.1, 0.15) is 38.6 Å². The molecule has 0 saturated carbocycles. The quantitative estimate of drug-likeness (QED) is 0.776. The number of aromatic nitrogens is 2. The predicted octanol–water partition coefficient (Wildman–Crippen LogP) is 2.01. The smallest absolute Gasteiger partial charge is 0.0624 e. The third-order valence-electron chi connectivity index (χ3n) is 2.90. The van der Waals surface area contributed by atoms with Gasteiger partial charge >= 0.3 is 0 Å². The summed E-state index contributed by atoms with van der Waals surface area (Å²) in [6.07, 6.45) is 3.32. The van der Waals surface area contributed by atoms with Crippen LogP contribution in [-0.4, -0.2) is 22.9 Å². The molecule has 0 bridgehead atoms. The average Bonchev–Trinajstić information content (AvgIpc) is 2.68. The second-order valence-corrected chi connectivity index (χ2v) is 4.02. The molecule has 0 aliphatic rings. The lowest BCUT2D eigenvalue weighted by molar-refractivity contribution is 0.537. The van der Waals surface area contributed by atoms with Gasteiger partial charge in [0.25, 0.3) is 0 Å². The van der Waals surface area contributed by atoms with Crippen molar-refractivity contribution in [2.45, 2.75) is 52.6 Å². The van der Waals surface area contributed by atoms with Crippen LogP contribution in [0.5, 0.6) is 0 Å². The van der Waals surface area contributed by atoms with Crippen LogP contribution in [0.3, 0.4) is 0 Å². The summed E-state index contributed by atoms with van der Waals surface area (Å²) < 4.78 is 2.13. The fourth-order valence-electron chi connectivity index (χ4n) is 1.67. The largest absolute Gasteiger partial charge is 0.317 e. The van der Waals surface area contributed by atoms with Gasteiger partial charge in [0.05, 0.1) is 5.69 Å². The predicted molar refractivity (Wildman–Crippen MR) is 64.1 cm³/mol. The van der Waals surface area contributed by atoms with Crippen LogP contribution >= 0.6 is 0 Å². The molecule has 86 valence electrons. The molecule has 0 fully saturated rings. The van der Waals surface area contributed by atoms with Crippen molar-refractivity contribution in [2.75, 3.05) is 7.05 Å². The molecule has 0 radical (unpaired) electrons. The van der Waals surface area contributed by atoms with Crippen molar-refractivity contribution in [3.8, 4) is 0 Å². The van der Waals surface area contributed by atoms with E-state index in [1.165, 1.54) is 17.8 Å². The summed E-state index contributed by atoms with van der Waals surface area (Å²) in [6, 6.07) is 2.82. The van der Waals surface area contributed by atoms with Gasteiger partial charge in [-0.1, -0.05) is 6.92 Å². The Bertz CT molecular complexity index is 291. The SMILES string of the molecule is CCc1cc(CCC(C)NC)n(CC)n1. The lowest BCUT2D eigenvalue weighted by Gasteiger charge is -2.10. The number of hydrogen-bond donors (Lipinski definition) is 1. The van der Waals surface area contributed by atoms with Gasteiger partial charge in [0.15, 0.2) is 0 Å². The lowest BCUT2D eigenvalue weighted by Crippen LogP contribution is -2.22. The molecule has 0 aliphatic carbocycles. The van der Waals surface area contributed by atoms with Gasteiger partial charge in [-0.3, -0.25) is 4.68 Å². The molecule has 3 nitrogen and oxygen atoms in total. The third-order valence-corrected chi connectivity index (χ3v) is 2.90. The highest BCUT2D eigenvalue weighted by Gasteiger charge is 2.06. The summed E-state index contributed by atoms with van der Waals surface area (Å²) >= 11 is 0. The zero-order valence-electron chi connectivity index (χ0n) is 10.4. The third kappa shape index (κ3) is 3.34. The van der Waals surface area contributed by atoms with Crippen molar-refractivity contribution in [1.82, 2.24) is 15.1 Å². The molecule has 0 amide bonds. The molecular formula is C12H23N3. The zero-order valence-corrected chi connectivity index (χ0v) is 10.4. The highest BCUT2D eigenvalue weighted by Crippen LogP contribution is 2.09. The Morgan fingerprint density at radius 3 is 2.73 bits per heavy atom. The van der Waals surface area contributed by atoms with Gasteiger partial charge in [-0.2, -0.15) is 5.10 Å². The first-order chi connectivity index (χ1) is 7.21. The number of nitrogens with zero attached hydrogens (tertiary/aromatic N) is 2. The Morgan fingerprint density at radius 2 is 2.20 bits per heavy atom. The van der Waals surface area contributed by atoms with E-state index in [2.05, 4.69) is 41.9 Å². The minimum atomic E-state index is 0.579. The van der Waals surface area contributed by atoms with Crippen LogP contribution in [-0.2, 0) is 19.4 Å². The van der Waals surface area contributed by atoms with Gasteiger partial charge in [-0.05, 0) is 46.2 Å². The highest BCUT2D eigenvalue weighted by atomic mass is 15.3. The van der Waals surface area contributed by atoms with Gasteiger partial charge in [0.1, 0.15) is 0 Å². The van der Waals surface area contributed by atoms with Crippen molar-refractivity contribution in [2.24, 2.45) is 0 Å². The minimum absolute atomic E-state index is 0.579. The van der Waals surface area contributed by atoms with Gasteiger partial charge < -0.3 is 5.32 Å². The second kappa shape index (κ2) is 5.91. The molecule has 1 atom stereocenters. The first kappa shape index (κ1) is 12.2. The van der Waals surface area contributed by atoms with E-state index in [4.69, 9.17) is 0 Å². The maximum atomic E-state index is 4.55. The maximum Gasteiger partial charge on any atom is 0.0624 e. The average molecular weight is 209 g/mol. The number of nitrogens with one attached hydrogen (secondary N) is 1. The van der Waals surface area contributed by atoms with Crippen LogP contribution in [0.2, 0.25) is 0 Å². The monoisotopic (exact) mass is 209 g/mol. The molecule has 1 unspecified atom stereocenters. The van der Waals surface area contributed by atoms with E-state index in [-0.39, 0.29) is 0 Å². The maximum absolute atomic E-state index is 4.55. The Balaban J connectivity index is 2.62. The topological polar surface area (TPSA) is 29.9 Å². The van der Waals surface area contributed by atoms with E-state index in [1.807, 2.05) is 7.05 Å². The van der Waals surface area contributed by atoms with Gasteiger partial charge in [0, 0.05) is 18.3 Å². The fourth-order valence-corrected chi connectivity index (χ4v) is 1.67. The Labute approximate surface area is 92.9 Å². The summed E-state index contributed by atoms with van der Waals surface area (Å²) in [6.45, 7) is 7.50. The summed E-state index contributed by atoms with van der Waals surface area (Å²) in [5.74, 6) is 0. The number of rotatable bonds is 6. The van der Waals surface area contributed by atoms with Crippen molar-refractivity contribution < 1.29 is 0 Å². The molecule has 3 heteroatoms. The molecule has 1 N–H and O–H groups in total. The normalized spacial score (nSPS) is 13.1. The molecule has 1 aromatic rings. The van der Waals surface area contributed by atoms with Crippen molar-refractivity contribution in [1.29, 1.82) is 0 Å². The highest BCUT2D eigenvalue weighted by molar-refractivity contribution is 5.10. The Kier molecular flexibility index (Phi) is 4.82. The summed E-state index contributed by atoms with van der Waals surface area (Å²) in [5, 5.41) is 7.81. The molecule has 1 rings (SSSR count). The lowest BCUT2D eigenvalue weighted by atomic mass is 10.1. The van der Waals surface area contributed by atoms with Crippen molar-refractivity contribution in [3.63, 3.8) is 0 Å². The molecule has 1 heterocycles. The molecule has 0 saturated heterocycles. The fraction of sp³-hybridized carbons (Fsp3) is 0.750. The van der Waals surface area contributed by atoms with E-state index >= 15 is 0 Å². The van der Waals surface area contributed by atoms with Crippen LogP contribution in [0.4, 0.5) is 0 Å². The van der Waals surface area contributed by atoms with Gasteiger partial charge in [0.2, 0.25) is 0 Å². The van der Waals surface area contributed by atoms with E-state index in [0.29, 0.717) is 6.04 Å². The first-order valence-corrected chi connectivity index (χ1v) is 5.94. The van der Waals surface area contributed by atoms with Crippen LogP contribution in [0, 0.1) is 0 Å². The van der Waals surface area contributed by atoms with Gasteiger partial charge in [-0.25, -0.2) is 0 Å². The Hall–Kier alpha value is -0.830. The molecule has 0 aromatic carbocycles. The van der Waals surface area contributed by atoms with E-state index in [9.17, 15) is 0 Å². The van der Waals surface area contributed by atoms with Crippen LogP contribution < -0.4 is 5.32 Å². The summed E-state index contributed by atoms with van der Waals surface area (Å²) in [4.78, 5) is 0. The summed E-state index contributed by atoms with van der Waals surface area (Å²) in [7, 11) is 2.01. The minimum Gasteiger partial charge on any atom is -0.317 e. The molecular weight excluding hydrogens is 186 g/mol.